The van der Waals surface area contributed by atoms with Gasteiger partial charge in [0.15, 0.2) is 0 Å². The molecule has 0 aliphatic carbocycles. The molecule has 1 saturated heterocycles. The van der Waals surface area contributed by atoms with Crippen molar-refractivity contribution in [1.29, 1.82) is 0 Å². The summed E-state index contributed by atoms with van der Waals surface area (Å²) in [6, 6.07) is 14.5. The van der Waals surface area contributed by atoms with Crippen LogP contribution in [-0.2, 0) is 14.8 Å². The quantitative estimate of drug-likeness (QED) is 0.655. The predicted octanol–water partition coefficient (Wildman–Crippen LogP) is 2.85. The van der Waals surface area contributed by atoms with E-state index in [0.717, 1.165) is 11.3 Å². The van der Waals surface area contributed by atoms with Gasteiger partial charge in [-0.15, -0.1) is 5.10 Å². The summed E-state index contributed by atoms with van der Waals surface area (Å²) >= 11 is 0. The van der Waals surface area contributed by atoms with Gasteiger partial charge in [-0.2, -0.15) is 4.31 Å². The lowest BCUT2D eigenvalue weighted by molar-refractivity contribution is -0.115. The Hall–Kier alpha value is -3.04. The monoisotopic (exact) mass is 425 g/mol. The van der Waals surface area contributed by atoms with E-state index in [0.29, 0.717) is 30.8 Å². The van der Waals surface area contributed by atoms with E-state index in [4.69, 9.17) is 0 Å². The Bertz CT molecular complexity index is 1170. The fourth-order valence-corrected chi connectivity index (χ4v) is 5.10. The smallest absolute Gasteiger partial charge is 0.243 e. The van der Waals surface area contributed by atoms with E-state index < -0.39 is 10.0 Å². The molecule has 0 bridgehead atoms. The summed E-state index contributed by atoms with van der Waals surface area (Å²) in [6.45, 7) is 4.18. The van der Waals surface area contributed by atoms with Gasteiger partial charge in [0.2, 0.25) is 15.9 Å². The van der Waals surface area contributed by atoms with Crippen LogP contribution in [0.25, 0.3) is 11.3 Å². The molecule has 1 N–H and O–H groups in total. The third-order valence-corrected chi connectivity index (χ3v) is 7.17. The number of carbonyl (C=O) groups is 1. The topological polar surface area (TPSA) is 97.2 Å². The van der Waals surface area contributed by atoms with Gasteiger partial charge in [-0.1, -0.05) is 42.5 Å². The first-order chi connectivity index (χ1) is 14.4. The Balaban J connectivity index is 1.45. The Labute approximate surface area is 175 Å². The zero-order chi connectivity index (χ0) is 21.3. The fraction of sp³-hybridized carbons (Fsp3) is 0.286. The summed E-state index contributed by atoms with van der Waals surface area (Å²) in [5.74, 6) is -0.113. The Morgan fingerprint density at radius 2 is 1.90 bits per heavy atom. The minimum absolute atomic E-state index is 0.0480. The number of sulfonamides is 1. The molecule has 2 heterocycles. The van der Waals surface area contributed by atoms with Crippen LogP contribution in [0.1, 0.15) is 24.9 Å². The zero-order valence-electron chi connectivity index (χ0n) is 16.8. The molecule has 3 aromatic rings. The van der Waals surface area contributed by atoms with Crippen LogP contribution in [0.3, 0.4) is 0 Å². The van der Waals surface area contributed by atoms with Crippen LogP contribution in [0.5, 0.6) is 0 Å². The molecule has 2 aromatic carbocycles. The molecule has 1 amide bonds. The van der Waals surface area contributed by atoms with Crippen molar-refractivity contribution in [3.63, 3.8) is 0 Å². The van der Waals surface area contributed by atoms with Gasteiger partial charge in [0.05, 0.1) is 17.1 Å². The minimum atomic E-state index is -3.61. The average molecular weight is 426 g/mol. The highest BCUT2D eigenvalue weighted by Gasteiger charge is 2.39. The van der Waals surface area contributed by atoms with E-state index in [1.807, 2.05) is 36.5 Å². The summed E-state index contributed by atoms with van der Waals surface area (Å²) in [5, 5.41) is 11.1. The van der Waals surface area contributed by atoms with Gasteiger partial charge in [-0.3, -0.25) is 4.79 Å². The van der Waals surface area contributed by atoms with Crippen LogP contribution in [0, 0.1) is 6.92 Å². The maximum absolute atomic E-state index is 13.0. The SMILES string of the molecule is CCC(=O)Nc1ccc(S(=O)(=O)N2CC(n3cc(-c4ccccc4)nn3)C2)c(C)c1. The highest BCUT2D eigenvalue weighted by Crippen LogP contribution is 2.31. The summed E-state index contributed by atoms with van der Waals surface area (Å²) in [6.07, 6.45) is 2.21. The molecule has 8 nitrogen and oxygen atoms in total. The number of hydrogen-bond acceptors (Lipinski definition) is 5. The molecule has 1 aliphatic heterocycles. The standard InChI is InChI=1S/C21H23N5O3S/c1-3-21(27)22-17-9-10-20(15(2)11-17)30(28,29)25-12-18(13-25)26-14-19(23-24-26)16-7-5-4-6-8-16/h4-11,14,18H,3,12-13H2,1-2H3,(H,22,27). The molecule has 1 aromatic heterocycles. The lowest BCUT2D eigenvalue weighted by atomic mass is 10.1. The van der Waals surface area contributed by atoms with E-state index in [2.05, 4.69) is 15.6 Å². The third kappa shape index (κ3) is 3.86. The number of nitrogens with one attached hydrogen (secondary N) is 1. The molecule has 0 unspecified atom stereocenters. The van der Waals surface area contributed by atoms with Crippen molar-refractivity contribution in [3.8, 4) is 11.3 Å². The number of nitrogens with zero attached hydrogens (tertiary/aromatic N) is 4. The molecular weight excluding hydrogens is 402 g/mol. The second-order valence-electron chi connectivity index (χ2n) is 7.31. The molecule has 30 heavy (non-hydrogen) atoms. The van der Waals surface area contributed by atoms with E-state index in [-0.39, 0.29) is 16.8 Å². The van der Waals surface area contributed by atoms with Crippen molar-refractivity contribution in [2.24, 2.45) is 0 Å². The summed E-state index contributed by atoms with van der Waals surface area (Å²) in [7, 11) is -3.61. The molecule has 1 fully saturated rings. The average Bonchev–Trinajstić information content (AvgIpc) is 3.16. The van der Waals surface area contributed by atoms with Crippen molar-refractivity contribution in [3.05, 3.63) is 60.3 Å². The molecule has 0 spiro atoms. The largest absolute Gasteiger partial charge is 0.326 e. The van der Waals surface area contributed by atoms with Crippen LogP contribution in [0.2, 0.25) is 0 Å². The van der Waals surface area contributed by atoms with Crippen molar-refractivity contribution in [2.75, 3.05) is 18.4 Å². The second kappa shape index (κ2) is 8.00. The number of amides is 1. The van der Waals surface area contributed by atoms with Gasteiger partial charge in [-0.05, 0) is 30.7 Å². The third-order valence-electron chi connectivity index (χ3n) is 5.18. The Morgan fingerprint density at radius 3 is 2.57 bits per heavy atom. The van der Waals surface area contributed by atoms with Crippen LogP contribution in [0.15, 0.2) is 59.6 Å². The molecular formula is C21H23N5O3S. The van der Waals surface area contributed by atoms with Crippen molar-refractivity contribution in [1.82, 2.24) is 19.3 Å². The van der Waals surface area contributed by atoms with Crippen molar-refractivity contribution < 1.29 is 13.2 Å². The first kappa shape index (κ1) is 20.2. The lowest BCUT2D eigenvalue weighted by Crippen LogP contribution is -2.50. The van der Waals surface area contributed by atoms with Gasteiger partial charge in [0.1, 0.15) is 5.69 Å². The highest BCUT2D eigenvalue weighted by molar-refractivity contribution is 7.89. The van der Waals surface area contributed by atoms with Gasteiger partial charge in [0, 0.05) is 30.8 Å². The summed E-state index contributed by atoms with van der Waals surface area (Å²) < 4.78 is 29.2. The van der Waals surface area contributed by atoms with Crippen molar-refractivity contribution in [2.45, 2.75) is 31.2 Å². The van der Waals surface area contributed by atoms with Crippen LogP contribution < -0.4 is 5.32 Å². The fourth-order valence-electron chi connectivity index (χ4n) is 3.38. The van der Waals surface area contributed by atoms with Crippen LogP contribution in [-0.4, -0.2) is 46.7 Å². The van der Waals surface area contributed by atoms with Gasteiger partial charge >= 0.3 is 0 Å². The van der Waals surface area contributed by atoms with Crippen LogP contribution in [0.4, 0.5) is 5.69 Å². The normalized spacial score (nSPS) is 15.0. The van der Waals surface area contributed by atoms with Gasteiger partial charge in [0.25, 0.3) is 0 Å². The first-order valence-corrected chi connectivity index (χ1v) is 11.2. The number of aryl methyl sites for hydroxylation is 1. The first-order valence-electron chi connectivity index (χ1n) is 9.76. The van der Waals surface area contributed by atoms with E-state index in [9.17, 15) is 13.2 Å². The number of hydrogen-bond donors (Lipinski definition) is 1. The molecule has 9 heteroatoms. The Kier molecular flexibility index (Phi) is 5.40. The maximum atomic E-state index is 13.0. The lowest BCUT2D eigenvalue weighted by Gasteiger charge is -2.37. The summed E-state index contributed by atoms with van der Waals surface area (Å²) in [5.41, 5.74) is 2.92. The second-order valence-corrected chi connectivity index (χ2v) is 9.21. The number of aromatic nitrogens is 3. The van der Waals surface area contributed by atoms with E-state index in [1.165, 1.54) is 4.31 Å². The van der Waals surface area contributed by atoms with Gasteiger partial charge in [-0.25, -0.2) is 13.1 Å². The number of carbonyl (C=O) groups excluding carboxylic acids is 1. The predicted molar refractivity (Wildman–Crippen MR) is 113 cm³/mol. The number of anilines is 1. The highest BCUT2D eigenvalue weighted by atomic mass is 32.2. The molecule has 156 valence electrons. The number of benzene rings is 2. The van der Waals surface area contributed by atoms with Crippen molar-refractivity contribution >= 4 is 21.6 Å². The Morgan fingerprint density at radius 1 is 1.17 bits per heavy atom. The number of rotatable bonds is 6. The molecule has 0 radical (unpaired) electrons. The molecule has 1 aliphatic rings. The molecule has 4 rings (SSSR count). The maximum Gasteiger partial charge on any atom is 0.243 e. The minimum Gasteiger partial charge on any atom is -0.326 e. The molecule has 0 saturated carbocycles. The summed E-state index contributed by atoms with van der Waals surface area (Å²) in [4.78, 5) is 11.8. The van der Waals surface area contributed by atoms with E-state index in [1.54, 1.807) is 36.7 Å². The van der Waals surface area contributed by atoms with Crippen LogP contribution >= 0.6 is 0 Å². The van der Waals surface area contributed by atoms with E-state index >= 15 is 0 Å². The zero-order valence-corrected chi connectivity index (χ0v) is 17.6. The van der Waals surface area contributed by atoms with Gasteiger partial charge < -0.3 is 5.32 Å². The molecule has 0 atom stereocenters.